The number of methoxy groups -OCH3 is 1. The lowest BCUT2D eigenvalue weighted by atomic mass is 10.2. The first-order chi connectivity index (χ1) is 10.3. The van der Waals surface area contributed by atoms with Gasteiger partial charge in [-0.05, 0) is 18.6 Å². The van der Waals surface area contributed by atoms with Gasteiger partial charge >= 0.3 is 0 Å². The summed E-state index contributed by atoms with van der Waals surface area (Å²) < 4.78 is 5.16. The zero-order chi connectivity index (χ0) is 15.1. The number of hydrogen-bond donors (Lipinski definition) is 1. The van der Waals surface area contributed by atoms with Crippen molar-refractivity contribution in [1.29, 1.82) is 0 Å². The average molecular weight is 306 g/mol. The maximum absolute atomic E-state index is 9.48. The summed E-state index contributed by atoms with van der Waals surface area (Å²) in [4.78, 5) is 7.75. The van der Waals surface area contributed by atoms with Crippen LogP contribution in [0.4, 0.5) is 10.8 Å². The Hall–Kier alpha value is -1.43. The fourth-order valence-corrected chi connectivity index (χ4v) is 3.09. The van der Waals surface area contributed by atoms with E-state index in [1.54, 1.807) is 7.11 Å². The van der Waals surface area contributed by atoms with Crippen molar-refractivity contribution in [2.24, 2.45) is 0 Å². The summed E-state index contributed by atoms with van der Waals surface area (Å²) in [5.41, 5.74) is 1.96. The monoisotopic (exact) mass is 306 g/mol. The number of para-hydroxylation sites is 1. The van der Waals surface area contributed by atoms with Crippen LogP contribution in [-0.4, -0.2) is 23.7 Å². The standard InChI is InChI=1S/C16H22N2O2S/c1-3-4-10-18(13-8-6-5-7-9-13)16-17-14(12-20-2)15(11-19)21-16/h5-9,19H,3-4,10-12H2,1-2H3. The van der Waals surface area contributed by atoms with Crippen LogP contribution < -0.4 is 4.90 Å². The summed E-state index contributed by atoms with van der Waals surface area (Å²) >= 11 is 1.54. The molecule has 4 nitrogen and oxygen atoms in total. The van der Waals surface area contributed by atoms with Crippen molar-refractivity contribution >= 4 is 22.2 Å². The molecule has 0 radical (unpaired) electrons. The van der Waals surface area contributed by atoms with Crippen LogP contribution in [0, 0.1) is 0 Å². The number of anilines is 2. The quantitative estimate of drug-likeness (QED) is 0.807. The fraction of sp³-hybridized carbons (Fsp3) is 0.438. The third-order valence-corrected chi connectivity index (χ3v) is 4.33. The lowest BCUT2D eigenvalue weighted by Crippen LogP contribution is -2.18. The first-order valence-electron chi connectivity index (χ1n) is 7.21. The summed E-state index contributed by atoms with van der Waals surface area (Å²) in [5.74, 6) is 0. The molecule has 0 saturated carbocycles. The Kier molecular flexibility index (Phi) is 6.17. The van der Waals surface area contributed by atoms with Gasteiger partial charge in [-0.2, -0.15) is 0 Å². The van der Waals surface area contributed by atoms with Crippen LogP contribution in [0.2, 0.25) is 0 Å². The molecule has 0 amide bonds. The summed E-state index contributed by atoms with van der Waals surface area (Å²) in [6.45, 7) is 3.54. The van der Waals surface area contributed by atoms with Gasteiger partial charge in [-0.15, -0.1) is 0 Å². The highest BCUT2D eigenvalue weighted by molar-refractivity contribution is 7.15. The molecule has 0 saturated heterocycles. The van der Waals surface area contributed by atoms with Gasteiger partial charge in [-0.3, -0.25) is 0 Å². The Morgan fingerprint density at radius 2 is 2.05 bits per heavy atom. The number of unbranched alkanes of at least 4 members (excludes halogenated alkanes) is 1. The normalized spacial score (nSPS) is 10.8. The molecule has 1 heterocycles. The second-order valence-corrected chi connectivity index (χ2v) is 5.86. The Morgan fingerprint density at radius 1 is 1.29 bits per heavy atom. The van der Waals surface area contributed by atoms with Crippen molar-refractivity contribution in [1.82, 2.24) is 4.98 Å². The first kappa shape index (κ1) is 15.9. The number of aromatic nitrogens is 1. The minimum atomic E-state index is 0.00671. The summed E-state index contributed by atoms with van der Waals surface area (Å²) in [6.07, 6.45) is 2.23. The fourth-order valence-electron chi connectivity index (χ4n) is 2.12. The zero-order valence-electron chi connectivity index (χ0n) is 12.6. The summed E-state index contributed by atoms with van der Waals surface area (Å²) in [7, 11) is 1.65. The van der Waals surface area contributed by atoms with Gasteiger partial charge in [0.05, 0.1) is 23.8 Å². The highest BCUT2D eigenvalue weighted by Crippen LogP contribution is 2.32. The molecular weight excluding hydrogens is 284 g/mol. The highest BCUT2D eigenvalue weighted by atomic mass is 32.1. The Morgan fingerprint density at radius 3 is 2.67 bits per heavy atom. The van der Waals surface area contributed by atoms with Crippen molar-refractivity contribution in [3.05, 3.63) is 40.9 Å². The number of aliphatic hydroxyl groups is 1. The van der Waals surface area contributed by atoms with Gasteiger partial charge < -0.3 is 14.7 Å². The van der Waals surface area contributed by atoms with E-state index in [4.69, 9.17) is 4.74 Å². The molecule has 1 aromatic heterocycles. The number of nitrogens with zero attached hydrogens (tertiary/aromatic N) is 2. The lowest BCUT2D eigenvalue weighted by Gasteiger charge is -2.21. The molecule has 0 bridgehead atoms. The predicted molar refractivity (Wildman–Crippen MR) is 87.1 cm³/mol. The van der Waals surface area contributed by atoms with Crippen molar-refractivity contribution < 1.29 is 9.84 Å². The van der Waals surface area contributed by atoms with Crippen LogP contribution in [0.5, 0.6) is 0 Å². The molecule has 0 spiro atoms. The van der Waals surface area contributed by atoms with Gasteiger partial charge in [0.15, 0.2) is 5.13 Å². The molecule has 1 aromatic carbocycles. The van der Waals surface area contributed by atoms with Crippen molar-refractivity contribution in [3.63, 3.8) is 0 Å². The third kappa shape index (κ3) is 4.03. The molecule has 0 aliphatic heterocycles. The van der Waals surface area contributed by atoms with Crippen LogP contribution in [0.15, 0.2) is 30.3 Å². The van der Waals surface area contributed by atoms with Gasteiger partial charge in [0, 0.05) is 19.3 Å². The summed E-state index contributed by atoms with van der Waals surface area (Å²) in [6, 6.07) is 10.3. The van der Waals surface area contributed by atoms with Crippen LogP contribution >= 0.6 is 11.3 Å². The van der Waals surface area contributed by atoms with Crippen molar-refractivity contribution in [2.75, 3.05) is 18.6 Å². The highest BCUT2D eigenvalue weighted by Gasteiger charge is 2.17. The molecule has 0 unspecified atom stereocenters. The zero-order valence-corrected chi connectivity index (χ0v) is 13.4. The minimum absolute atomic E-state index is 0.00671. The molecule has 2 aromatic rings. The van der Waals surface area contributed by atoms with E-state index in [1.807, 2.05) is 18.2 Å². The van der Waals surface area contributed by atoms with Crippen LogP contribution in [0.1, 0.15) is 30.3 Å². The number of aliphatic hydroxyl groups excluding tert-OH is 1. The number of hydrogen-bond acceptors (Lipinski definition) is 5. The van der Waals surface area contributed by atoms with E-state index in [9.17, 15) is 5.11 Å². The molecule has 0 fully saturated rings. The second kappa shape index (κ2) is 8.12. The second-order valence-electron chi connectivity index (χ2n) is 4.80. The number of ether oxygens (including phenoxy) is 1. The van der Waals surface area contributed by atoms with E-state index in [2.05, 4.69) is 28.9 Å². The van der Waals surface area contributed by atoms with E-state index in [-0.39, 0.29) is 6.61 Å². The van der Waals surface area contributed by atoms with Crippen LogP contribution in [0.3, 0.4) is 0 Å². The molecule has 5 heteroatoms. The number of benzene rings is 1. The molecule has 2 rings (SSSR count). The molecule has 114 valence electrons. The molecule has 0 aliphatic rings. The maximum atomic E-state index is 9.48. The van der Waals surface area contributed by atoms with E-state index < -0.39 is 0 Å². The Bertz CT molecular complexity index is 542. The van der Waals surface area contributed by atoms with Gasteiger partial charge in [0.2, 0.25) is 0 Å². The van der Waals surface area contributed by atoms with E-state index in [0.29, 0.717) is 6.61 Å². The maximum Gasteiger partial charge on any atom is 0.190 e. The van der Waals surface area contributed by atoms with E-state index in [0.717, 1.165) is 40.8 Å². The predicted octanol–water partition coefficient (Wildman–Crippen LogP) is 3.72. The Balaban J connectivity index is 2.32. The molecule has 21 heavy (non-hydrogen) atoms. The first-order valence-corrected chi connectivity index (χ1v) is 8.02. The molecular formula is C16H22N2O2S. The lowest BCUT2D eigenvalue weighted by molar-refractivity contribution is 0.179. The van der Waals surface area contributed by atoms with E-state index in [1.165, 1.54) is 11.3 Å². The topological polar surface area (TPSA) is 45.6 Å². The van der Waals surface area contributed by atoms with Gasteiger partial charge in [0.25, 0.3) is 0 Å². The van der Waals surface area contributed by atoms with Crippen molar-refractivity contribution in [2.45, 2.75) is 33.0 Å². The average Bonchev–Trinajstić information content (AvgIpc) is 2.92. The molecule has 1 N–H and O–H groups in total. The Labute approximate surface area is 130 Å². The van der Waals surface area contributed by atoms with Gasteiger partial charge in [0.1, 0.15) is 0 Å². The van der Waals surface area contributed by atoms with Gasteiger partial charge in [-0.25, -0.2) is 4.98 Å². The SMILES string of the molecule is CCCCN(c1ccccc1)c1nc(COC)c(CO)s1. The largest absolute Gasteiger partial charge is 0.391 e. The van der Waals surface area contributed by atoms with Crippen LogP contribution in [-0.2, 0) is 18.0 Å². The molecule has 0 atom stereocenters. The van der Waals surface area contributed by atoms with Crippen LogP contribution in [0.25, 0.3) is 0 Å². The van der Waals surface area contributed by atoms with Gasteiger partial charge in [-0.1, -0.05) is 42.9 Å². The summed E-state index contributed by atoms with van der Waals surface area (Å²) in [5, 5.41) is 10.4. The number of rotatable bonds is 8. The molecule has 0 aliphatic carbocycles. The minimum Gasteiger partial charge on any atom is -0.391 e. The third-order valence-electron chi connectivity index (χ3n) is 3.23. The smallest absolute Gasteiger partial charge is 0.190 e. The number of thiazole rings is 1. The van der Waals surface area contributed by atoms with E-state index >= 15 is 0 Å². The van der Waals surface area contributed by atoms with Crippen molar-refractivity contribution in [3.8, 4) is 0 Å².